The monoisotopic (exact) mass is 448 g/mol. The maximum atomic E-state index is 12.8. The SMILES string of the molecule is CCCC(NC(=O)c1ccc(S(=O)(=O)NC)o1)C(=O)Nc1cccc(N2CCCC2)c1. The number of nitrogens with zero attached hydrogens (tertiary/aromatic N) is 1. The van der Waals surface area contributed by atoms with Gasteiger partial charge in [-0.05, 0) is 56.6 Å². The number of hydrogen-bond acceptors (Lipinski definition) is 6. The smallest absolute Gasteiger partial charge is 0.287 e. The lowest BCUT2D eigenvalue weighted by atomic mass is 10.1. The summed E-state index contributed by atoms with van der Waals surface area (Å²) in [4.78, 5) is 27.6. The van der Waals surface area contributed by atoms with Crippen LogP contribution in [0.15, 0.2) is 45.9 Å². The van der Waals surface area contributed by atoms with Crippen molar-refractivity contribution in [1.29, 1.82) is 0 Å². The van der Waals surface area contributed by atoms with Crippen LogP contribution in [-0.2, 0) is 14.8 Å². The molecule has 3 N–H and O–H groups in total. The molecule has 2 aromatic rings. The molecule has 1 unspecified atom stereocenters. The fourth-order valence-electron chi connectivity index (χ4n) is 3.46. The first kappa shape index (κ1) is 22.8. The Morgan fingerprint density at radius 1 is 1.16 bits per heavy atom. The van der Waals surface area contributed by atoms with Gasteiger partial charge in [0, 0.05) is 24.5 Å². The minimum Gasteiger partial charge on any atom is -0.438 e. The average molecular weight is 449 g/mol. The number of anilines is 2. The Morgan fingerprint density at radius 3 is 2.58 bits per heavy atom. The lowest BCUT2D eigenvalue weighted by molar-refractivity contribution is -0.118. The number of furan rings is 1. The number of sulfonamides is 1. The van der Waals surface area contributed by atoms with Crippen molar-refractivity contribution in [3.8, 4) is 0 Å². The van der Waals surface area contributed by atoms with E-state index in [1.165, 1.54) is 19.2 Å². The molecule has 1 saturated heterocycles. The number of carbonyl (C=O) groups is 2. The van der Waals surface area contributed by atoms with Gasteiger partial charge in [0.15, 0.2) is 5.76 Å². The molecular weight excluding hydrogens is 420 g/mol. The minimum atomic E-state index is -3.80. The summed E-state index contributed by atoms with van der Waals surface area (Å²) < 4.78 is 30.9. The van der Waals surface area contributed by atoms with Crippen molar-refractivity contribution in [1.82, 2.24) is 10.0 Å². The number of amides is 2. The molecule has 168 valence electrons. The highest BCUT2D eigenvalue weighted by atomic mass is 32.2. The molecule has 2 amide bonds. The van der Waals surface area contributed by atoms with Gasteiger partial charge in [-0.1, -0.05) is 19.4 Å². The van der Waals surface area contributed by atoms with E-state index in [0.29, 0.717) is 18.5 Å². The Hall–Kier alpha value is -2.85. The molecule has 0 saturated carbocycles. The van der Waals surface area contributed by atoms with Crippen molar-refractivity contribution >= 4 is 33.2 Å². The van der Waals surface area contributed by atoms with Gasteiger partial charge < -0.3 is 20.0 Å². The lowest BCUT2D eigenvalue weighted by Gasteiger charge is -2.20. The van der Waals surface area contributed by atoms with Crippen molar-refractivity contribution in [2.75, 3.05) is 30.4 Å². The van der Waals surface area contributed by atoms with E-state index in [0.717, 1.165) is 31.6 Å². The predicted molar refractivity (Wildman–Crippen MR) is 118 cm³/mol. The van der Waals surface area contributed by atoms with E-state index in [2.05, 4.69) is 20.3 Å². The molecule has 1 atom stereocenters. The van der Waals surface area contributed by atoms with Crippen LogP contribution in [-0.4, -0.2) is 46.4 Å². The van der Waals surface area contributed by atoms with Gasteiger partial charge in [0.2, 0.25) is 11.0 Å². The normalized spacial score (nSPS) is 15.0. The summed E-state index contributed by atoms with van der Waals surface area (Å²) >= 11 is 0. The molecule has 1 aliphatic heterocycles. The largest absolute Gasteiger partial charge is 0.438 e. The topological polar surface area (TPSA) is 121 Å². The van der Waals surface area contributed by atoms with Gasteiger partial charge in [0.05, 0.1) is 0 Å². The Labute approximate surface area is 182 Å². The van der Waals surface area contributed by atoms with E-state index in [1.807, 2.05) is 31.2 Å². The number of carbonyl (C=O) groups excluding carboxylic acids is 2. The minimum absolute atomic E-state index is 0.182. The fraction of sp³-hybridized carbons (Fsp3) is 0.429. The van der Waals surface area contributed by atoms with Crippen LogP contribution in [0.3, 0.4) is 0 Å². The molecule has 10 heteroatoms. The predicted octanol–water partition coefficient (Wildman–Crippen LogP) is 2.33. The van der Waals surface area contributed by atoms with Gasteiger partial charge in [-0.3, -0.25) is 9.59 Å². The van der Waals surface area contributed by atoms with Crippen LogP contribution in [0.4, 0.5) is 11.4 Å². The summed E-state index contributed by atoms with van der Waals surface area (Å²) in [6, 6.07) is 9.31. The second-order valence-corrected chi connectivity index (χ2v) is 9.19. The van der Waals surface area contributed by atoms with Gasteiger partial charge in [-0.15, -0.1) is 0 Å². The van der Waals surface area contributed by atoms with Gasteiger partial charge >= 0.3 is 0 Å². The van der Waals surface area contributed by atoms with E-state index in [1.54, 1.807) is 0 Å². The first-order chi connectivity index (χ1) is 14.8. The van der Waals surface area contributed by atoms with Gasteiger partial charge in [-0.25, -0.2) is 13.1 Å². The van der Waals surface area contributed by atoms with E-state index >= 15 is 0 Å². The van der Waals surface area contributed by atoms with Crippen molar-refractivity contribution in [3.05, 3.63) is 42.2 Å². The van der Waals surface area contributed by atoms with Crippen LogP contribution in [0.25, 0.3) is 0 Å². The summed E-state index contributed by atoms with van der Waals surface area (Å²) in [7, 11) is -2.55. The number of hydrogen-bond donors (Lipinski definition) is 3. The third kappa shape index (κ3) is 5.65. The zero-order valence-electron chi connectivity index (χ0n) is 17.7. The van der Waals surface area contributed by atoms with E-state index in [4.69, 9.17) is 4.42 Å². The highest BCUT2D eigenvalue weighted by Gasteiger charge is 2.25. The molecule has 0 bridgehead atoms. The van der Waals surface area contributed by atoms with Crippen molar-refractivity contribution in [2.24, 2.45) is 0 Å². The van der Waals surface area contributed by atoms with E-state index in [-0.39, 0.29) is 16.8 Å². The summed E-state index contributed by atoms with van der Waals surface area (Å²) in [5.74, 6) is -1.18. The molecule has 3 rings (SSSR count). The molecule has 1 fully saturated rings. The lowest BCUT2D eigenvalue weighted by Crippen LogP contribution is -2.43. The molecular formula is C21H28N4O5S. The highest BCUT2D eigenvalue weighted by molar-refractivity contribution is 7.89. The summed E-state index contributed by atoms with van der Waals surface area (Å²) in [5, 5.41) is 5.14. The summed E-state index contributed by atoms with van der Waals surface area (Å²) in [6.07, 6.45) is 3.41. The average Bonchev–Trinajstić information content (AvgIpc) is 3.46. The summed E-state index contributed by atoms with van der Waals surface area (Å²) in [5.41, 5.74) is 1.71. The van der Waals surface area contributed by atoms with E-state index < -0.39 is 22.0 Å². The third-order valence-electron chi connectivity index (χ3n) is 5.12. The molecule has 0 radical (unpaired) electrons. The zero-order chi connectivity index (χ0) is 22.4. The summed E-state index contributed by atoms with van der Waals surface area (Å²) in [6.45, 7) is 3.91. The van der Waals surface area contributed by atoms with Crippen LogP contribution >= 0.6 is 0 Å². The molecule has 1 aromatic heterocycles. The van der Waals surface area contributed by atoms with Crippen LogP contribution in [0, 0.1) is 0 Å². The number of rotatable bonds is 9. The van der Waals surface area contributed by atoms with Gasteiger partial charge in [-0.2, -0.15) is 0 Å². The van der Waals surface area contributed by atoms with Crippen LogP contribution < -0.4 is 20.3 Å². The van der Waals surface area contributed by atoms with Crippen LogP contribution in [0.5, 0.6) is 0 Å². The van der Waals surface area contributed by atoms with Gasteiger partial charge in [0.25, 0.3) is 15.9 Å². The quantitative estimate of drug-likeness (QED) is 0.541. The molecule has 0 spiro atoms. The Balaban J connectivity index is 1.68. The fourth-order valence-corrected chi connectivity index (χ4v) is 4.11. The molecule has 1 aliphatic rings. The van der Waals surface area contributed by atoms with Crippen LogP contribution in [0.1, 0.15) is 43.2 Å². The number of benzene rings is 1. The molecule has 9 nitrogen and oxygen atoms in total. The van der Waals surface area contributed by atoms with Crippen molar-refractivity contribution < 1.29 is 22.4 Å². The second-order valence-electron chi connectivity index (χ2n) is 7.37. The first-order valence-corrected chi connectivity index (χ1v) is 11.8. The maximum Gasteiger partial charge on any atom is 0.287 e. The highest BCUT2D eigenvalue weighted by Crippen LogP contribution is 2.23. The Kier molecular flexibility index (Phi) is 7.34. The standard InChI is InChI=1S/C21H28N4O5S/c1-3-7-17(24-21(27)18-10-11-19(30-18)31(28,29)22-2)20(26)23-15-8-6-9-16(14-15)25-12-4-5-13-25/h6,8-11,14,17,22H,3-5,7,12-13H2,1-2H3,(H,23,26)(H,24,27). The molecule has 1 aromatic carbocycles. The molecule has 31 heavy (non-hydrogen) atoms. The molecule has 2 heterocycles. The Morgan fingerprint density at radius 2 is 1.90 bits per heavy atom. The third-order valence-corrected chi connectivity index (χ3v) is 6.41. The first-order valence-electron chi connectivity index (χ1n) is 10.3. The zero-order valence-corrected chi connectivity index (χ0v) is 18.5. The van der Waals surface area contributed by atoms with Gasteiger partial charge in [0.1, 0.15) is 6.04 Å². The van der Waals surface area contributed by atoms with Crippen molar-refractivity contribution in [2.45, 2.75) is 43.7 Å². The van der Waals surface area contributed by atoms with Crippen LogP contribution in [0.2, 0.25) is 0 Å². The second kappa shape index (κ2) is 9.97. The maximum absolute atomic E-state index is 12.8. The number of nitrogens with one attached hydrogen (secondary N) is 3. The van der Waals surface area contributed by atoms with E-state index in [9.17, 15) is 18.0 Å². The van der Waals surface area contributed by atoms with Crippen molar-refractivity contribution in [3.63, 3.8) is 0 Å². The Bertz CT molecular complexity index is 1030. The molecule has 0 aliphatic carbocycles.